The minimum absolute atomic E-state index is 0.0151. The highest BCUT2D eigenvalue weighted by Crippen LogP contribution is 2.34. The van der Waals surface area contributed by atoms with Crippen molar-refractivity contribution in [1.82, 2.24) is 10.3 Å². The van der Waals surface area contributed by atoms with Crippen LogP contribution in [-0.4, -0.2) is 30.5 Å². The molecule has 1 saturated heterocycles. The predicted octanol–water partition coefficient (Wildman–Crippen LogP) is 0.956. The van der Waals surface area contributed by atoms with Gasteiger partial charge in [-0.05, 0) is 32.7 Å². The molecule has 1 aromatic rings. The topological polar surface area (TPSA) is 45.2 Å². The fourth-order valence-electron chi connectivity index (χ4n) is 2.43. The molecule has 1 atom stereocenters. The average Bonchev–Trinajstić information content (AvgIpc) is 2.89. The molecule has 1 fully saturated rings. The molecule has 3 rings (SSSR count). The van der Waals surface area contributed by atoms with E-state index in [1.807, 2.05) is 11.9 Å². The van der Waals surface area contributed by atoms with Gasteiger partial charge in [0.25, 0.3) is 0 Å². The van der Waals surface area contributed by atoms with Gasteiger partial charge in [0.1, 0.15) is 0 Å². The van der Waals surface area contributed by atoms with E-state index < -0.39 is 0 Å². The Kier molecular flexibility index (Phi) is 2.44. The van der Waals surface area contributed by atoms with Crippen LogP contribution in [0.5, 0.6) is 0 Å². The van der Waals surface area contributed by atoms with Gasteiger partial charge in [0.05, 0.1) is 11.7 Å². The Morgan fingerprint density at radius 3 is 3.06 bits per heavy atom. The maximum atomic E-state index is 12.0. The van der Waals surface area contributed by atoms with Crippen LogP contribution in [0.4, 0.5) is 5.13 Å². The first kappa shape index (κ1) is 10.2. The van der Waals surface area contributed by atoms with Crippen molar-refractivity contribution in [3.8, 4) is 0 Å². The summed E-state index contributed by atoms with van der Waals surface area (Å²) in [5, 5.41) is 3.96. The van der Waals surface area contributed by atoms with Crippen LogP contribution >= 0.6 is 11.3 Å². The lowest BCUT2D eigenvalue weighted by molar-refractivity contribution is -0.118. The van der Waals surface area contributed by atoms with Crippen LogP contribution in [0.25, 0.3) is 0 Å². The number of likely N-dealkylation sites (N-methyl/N-ethyl adjacent to an activating group) is 1. The van der Waals surface area contributed by atoms with Crippen LogP contribution < -0.4 is 10.2 Å². The van der Waals surface area contributed by atoms with Gasteiger partial charge >= 0.3 is 0 Å². The molecular formula is C11H15N3OS. The lowest BCUT2D eigenvalue weighted by atomic mass is 10.3. The first-order valence-corrected chi connectivity index (χ1v) is 6.58. The van der Waals surface area contributed by atoms with Gasteiger partial charge in [0.15, 0.2) is 5.13 Å². The van der Waals surface area contributed by atoms with Gasteiger partial charge in [-0.2, -0.15) is 0 Å². The normalized spacial score (nSPS) is 24.2. The number of hydrogen-bond acceptors (Lipinski definition) is 4. The summed E-state index contributed by atoms with van der Waals surface area (Å²) in [4.78, 5) is 19.8. The third-order valence-electron chi connectivity index (χ3n) is 3.37. The summed E-state index contributed by atoms with van der Waals surface area (Å²) in [7, 11) is 1.84. The van der Waals surface area contributed by atoms with Gasteiger partial charge in [0, 0.05) is 11.4 Å². The molecule has 0 spiro atoms. The van der Waals surface area contributed by atoms with Gasteiger partial charge in [-0.15, -0.1) is 11.3 Å². The zero-order valence-electron chi connectivity index (χ0n) is 9.32. The van der Waals surface area contributed by atoms with E-state index in [1.165, 1.54) is 17.0 Å². The lowest BCUT2D eigenvalue weighted by Crippen LogP contribution is -2.36. The summed E-state index contributed by atoms with van der Waals surface area (Å²) in [6.45, 7) is 0.802. The molecule has 1 amide bonds. The van der Waals surface area contributed by atoms with E-state index >= 15 is 0 Å². The Hall–Kier alpha value is -0.940. The highest BCUT2D eigenvalue weighted by Gasteiger charge is 2.33. The number of aryl methyl sites for hydroxylation is 2. The van der Waals surface area contributed by atoms with Crippen molar-refractivity contribution >= 4 is 22.4 Å². The minimum atomic E-state index is -0.0151. The number of rotatable bonds is 2. The van der Waals surface area contributed by atoms with E-state index in [0.29, 0.717) is 0 Å². The molecule has 1 aromatic heterocycles. The number of nitrogens with zero attached hydrogens (tertiary/aromatic N) is 2. The van der Waals surface area contributed by atoms with Crippen LogP contribution in [0.2, 0.25) is 0 Å². The predicted molar refractivity (Wildman–Crippen MR) is 64.0 cm³/mol. The largest absolute Gasteiger partial charge is 0.309 e. The van der Waals surface area contributed by atoms with Gasteiger partial charge in [0.2, 0.25) is 5.91 Å². The Morgan fingerprint density at radius 2 is 2.38 bits per heavy atom. The van der Waals surface area contributed by atoms with Crippen molar-refractivity contribution in [3.63, 3.8) is 0 Å². The fraction of sp³-hybridized carbons (Fsp3) is 0.636. The molecule has 86 valence electrons. The van der Waals surface area contributed by atoms with Crippen LogP contribution in [0.15, 0.2) is 0 Å². The summed E-state index contributed by atoms with van der Waals surface area (Å²) in [5.41, 5.74) is 1.22. The molecule has 2 aliphatic rings. The van der Waals surface area contributed by atoms with Crippen LogP contribution in [0.1, 0.15) is 23.4 Å². The average molecular weight is 237 g/mol. The van der Waals surface area contributed by atoms with E-state index in [2.05, 4.69) is 10.3 Å². The third-order valence-corrected chi connectivity index (χ3v) is 4.55. The standard InChI is InChI=1S/C11H15N3OS/c1-12-8-5-6-14(10(8)15)11-13-7-3-2-4-9(7)16-11/h8,12H,2-6H2,1H3. The van der Waals surface area contributed by atoms with Crippen LogP contribution in [0, 0.1) is 0 Å². The van der Waals surface area contributed by atoms with Crippen LogP contribution in [-0.2, 0) is 17.6 Å². The maximum Gasteiger partial charge on any atom is 0.245 e. The number of carbonyl (C=O) groups is 1. The molecule has 0 saturated carbocycles. The molecule has 1 aliphatic heterocycles. The number of amides is 1. The Labute approximate surface area is 98.7 Å². The number of hydrogen-bond donors (Lipinski definition) is 1. The van der Waals surface area contributed by atoms with Gasteiger partial charge in [-0.1, -0.05) is 0 Å². The van der Waals surface area contributed by atoms with Crippen molar-refractivity contribution in [2.75, 3.05) is 18.5 Å². The van der Waals surface area contributed by atoms with E-state index in [-0.39, 0.29) is 11.9 Å². The summed E-state index contributed by atoms with van der Waals surface area (Å²) in [6.07, 6.45) is 4.34. The van der Waals surface area contributed by atoms with E-state index in [0.717, 1.165) is 30.9 Å². The molecule has 16 heavy (non-hydrogen) atoms. The quantitative estimate of drug-likeness (QED) is 0.833. The van der Waals surface area contributed by atoms with Gasteiger partial charge in [-0.25, -0.2) is 4.98 Å². The van der Waals surface area contributed by atoms with E-state index in [9.17, 15) is 4.79 Å². The minimum Gasteiger partial charge on any atom is -0.309 e. The number of thiazole rings is 1. The van der Waals surface area contributed by atoms with Gasteiger partial charge in [-0.3, -0.25) is 9.69 Å². The molecule has 0 radical (unpaired) electrons. The zero-order chi connectivity index (χ0) is 11.1. The summed E-state index contributed by atoms with van der Waals surface area (Å²) in [5.74, 6) is 0.176. The molecule has 5 heteroatoms. The van der Waals surface area contributed by atoms with Crippen molar-refractivity contribution in [2.45, 2.75) is 31.7 Å². The number of fused-ring (bicyclic) bond motifs is 1. The second kappa shape index (κ2) is 3.82. The summed E-state index contributed by atoms with van der Waals surface area (Å²) < 4.78 is 0. The molecule has 4 nitrogen and oxygen atoms in total. The van der Waals surface area contributed by atoms with Crippen molar-refractivity contribution in [1.29, 1.82) is 0 Å². The molecule has 1 N–H and O–H groups in total. The molecule has 2 heterocycles. The van der Waals surface area contributed by atoms with Gasteiger partial charge < -0.3 is 5.32 Å². The Morgan fingerprint density at radius 1 is 1.50 bits per heavy atom. The molecule has 1 aliphatic carbocycles. The molecular weight excluding hydrogens is 222 g/mol. The SMILES string of the molecule is CNC1CCN(c2nc3c(s2)CCC3)C1=O. The first-order valence-electron chi connectivity index (χ1n) is 5.77. The number of aromatic nitrogens is 1. The van der Waals surface area contributed by atoms with Crippen molar-refractivity contribution in [3.05, 3.63) is 10.6 Å². The van der Waals surface area contributed by atoms with Crippen LogP contribution in [0.3, 0.4) is 0 Å². The Bertz CT molecular complexity index is 407. The second-order valence-electron chi connectivity index (χ2n) is 4.34. The van der Waals surface area contributed by atoms with E-state index in [1.54, 1.807) is 11.3 Å². The Balaban J connectivity index is 1.85. The first-order chi connectivity index (χ1) is 7.79. The fourth-order valence-corrected chi connectivity index (χ4v) is 3.61. The van der Waals surface area contributed by atoms with Crippen molar-refractivity contribution < 1.29 is 4.79 Å². The second-order valence-corrected chi connectivity index (χ2v) is 5.40. The van der Waals surface area contributed by atoms with E-state index in [4.69, 9.17) is 0 Å². The summed E-state index contributed by atoms with van der Waals surface area (Å²) in [6, 6.07) is -0.0151. The molecule has 0 bridgehead atoms. The van der Waals surface area contributed by atoms with Crippen molar-refractivity contribution in [2.24, 2.45) is 0 Å². The highest BCUT2D eigenvalue weighted by molar-refractivity contribution is 7.16. The monoisotopic (exact) mass is 237 g/mol. The molecule has 0 aromatic carbocycles. The zero-order valence-corrected chi connectivity index (χ0v) is 10.1. The number of anilines is 1. The number of carbonyl (C=O) groups excluding carboxylic acids is 1. The smallest absolute Gasteiger partial charge is 0.245 e. The maximum absolute atomic E-state index is 12.0. The molecule has 1 unspecified atom stereocenters. The highest BCUT2D eigenvalue weighted by atomic mass is 32.1. The third kappa shape index (κ3) is 1.46. The summed E-state index contributed by atoms with van der Waals surface area (Å²) >= 11 is 1.70. The number of nitrogens with one attached hydrogen (secondary N) is 1. The lowest BCUT2D eigenvalue weighted by Gasteiger charge is -2.12.